The van der Waals surface area contributed by atoms with Gasteiger partial charge in [0.25, 0.3) is 0 Å². The third-order valence-corrected chi connectivity index (χ3v) is 21.7. The minimum absolute atomic E-state index is 1.28. The van der Waals surface area contributed by atoms with E-state index in [0.29, 0.717) is 0 Å². The van der Waals surface area contributed by atoms with Crippen molar-refractivity contribution in [3.8, 4) is 0 Å². The van der Waals surface area contributed by atoms with Gasteiger partial charge in [0.15, 0.2) is 0 Å². The van der Waals surface area contributed by atoms with Crippen LogP contribution in [0.4, 0.5) is 0 Å². The minimum atomic E-state index is -2.28. The first-order valence-corrected chi connectivity index (χ1v) is 19.5. The Bertz CT molecular complexity index is 689. The van der Waals surface area contributed by atoms with Gasteiger partial charge in [0.1, 0.15) is 0 Å². The predicted molar refractivity (Wildman–Crippen MR) is 130 cm³/mol. The summed E-state index contributed by atoms with van der Waals surface area (Å²) < 4.78 is 6.05. The summed E-state index contributed by atoms with van der Waals surface area (Å²) in [5.74, 6) is 0. The predicted octanol–water partition coefficient (Wildman–Crippen LogP) is 7.96. The van der Waals surface area contributed by atoms with E-state index in [-0.39, 0.29) is 0 Å². The molecular weight excluding hydrogens is 455 g/mol. The Hall–Kier alpha value is -1.54. The normalized spacial score (nSPS) is 11.5. The molecule has 0 amide bonds. The second kappa shape index (κ2) is 12.2. The maximum absolute atomic E-state index is 2.36. The Morgan fingerprint density at radius 3 is 1.14 bits per heavy atom. The molecule has 3 rings (SSSR count). The summed E-state index contributed by atoms with van der Waals surface area (Å²) in [6, 6.07) is 33.6. The zero-order chi connectivity index (χ0) is 20.2. The van der Waals surface area contributed by atoms with Crippen molar-refractivity contribution in [2.24, 2.45) is 0 Å². The average molecular weight is 491 g/mol. The van der Waals surface area contributed by atoms with Crippen LogP contribution < -0.4 is 0 Å². The fourth-order valence-corrected chi connectivity index (χ4v) is 18.9. The van der Waals surface area contributed by atoms with Gasteiger partial charge in [-0.05, 0) is 0 Å². The van der Waals surface area contributed by atoms with Crippen LogP contribution in [0.25, 0.3) is 0 Å². The Morgan fingerprint density at radius 2 is 0.828 bits per heavy atom. The summed E-state index contributed by atoms with van der Waals surface area (Å²) in [7, 11) is 0. The molecule has 0 aliphatic carbocycles. The summed E-state index contributed by atoms with van der Waals surface area (Å²) in [6.45, 7) is 2.36. The van der Waals surface area contributed by atoms with Crippen LogP contribution >= 0.6 is 0 Å². The fraction of sp³-hybridized carbons (Fsp3) is 0.357. The third-order valence-electron chi connectivity index (χ3n) is 6.42. The van der Waals surface area contributed by atoms with Crippen LogP contribution in [0.5, 0.6) is 0 Å². The molecule has 0 aromatic heterocycles. The molecule has 0 bridgehead atoms. The van der Waals surface area contributed by atoms with Gasteiger partial charge in [-0.1, -0.05) is 0 Å². The molecule has 0 nitrogen and oxygen atoms in total. The molecule has 0 N–H and O–H groups in total. The molecular formula is C28H36Sn. The van der Waals surface area contributed by atoms with E-state index in [1.165, 1.54) is 62.1 Å². The van der Waals surface area contributed by atoms with Gasteiger partial charge in [-0.25, -0.2) is 0 Å². The molecule has 0 fully saturated rings. The Labute approximate surface area is 182 Å². The van der Waals surface area contributed by atoms with E-state index in [9.17, 15) is 0 Å². The molecule has 3 aromatic carbocycles. The summed E-state index contributed by atoms with van der Waals surface area (Å²) in [4.78, 5) is 0. The molecule has 29 heavy (non-hydrogen) atoms. The van der Waals surface area contributed by atoms with Crippen LogP contribution in [0.2, 0.25) is 17.7 Å². The summed E-state index contributed by atoms with van der Waals surface area (Å²) in [5, 5.41) is 0. The van der Waals surface area contributed by atoms with Crippen LogP contribution in [0.15, 0.2) is 91.0 Å². The summed E-state index contributed by atoms with van der Waals surface area (Å²) in [6.07, 6.45) is 6.60. The van der Waals surface area contributed by atoms with E-state index in [1.807, 2.05) is 0 Å². The van der Waals surface area contributed by atoms with Gasteiger partial charge < -0.3 is 0 Å². The first kappa shape index (κ1) is 22.2. The number of hydrogen-bond acceptors (Lipinski definition) is 0. The van der Waals surface area contributed by atoms with E-state index >= 15 is 0 Å². The zero-order valence-corrected chi connectivity index (χ0v) is 20.9. The van der Waals surface area contributed by atoms with Crippen molar-refractivity contribution in [1.29, 1.82) is 0 Å². The van der Waals surface area contributed by atoms with E-state index in [2.05, 4.69) is 97.9 Å². The average Bonchev–Trinajstić information content (AvgIpc) is 2.80. The molecule has 3 aromatic rings. The molecule has 1 heteroatoms. The number of rotatable bonds is 12. The van der Waals surface area contributed by atoms with Crippen LogP contribution in [0.3, 0.4) is 0 Å². The summed E-state index contributed by atoms with van der Waals surface area (Å²) >= 11 is -2.28. The van der Waals surface area contributed by atoms with Crippen LogP contribution in [0, 0.1) is 0 Å². The fourth-order valence-electron chi connectivity index (χ4n) is 4.46. The third kappa shape index (κ3) is 7.66. The molecule has 0 heterocycles. The van der Waals surface area contributed by atoms with E-state index in [0.717, 1.165) is 0 Å². The van der Waals surface area contributed by atoms with Gasteiger partial charge in [0.2, 0.25) is 0 Å². The van der Waals surface area contributed by atoms with Crippen molar-refractivity contribution in [2.45, 2.75) is 56.8 Å². The first-order valence-electron chi connectivity index (χ1n) is 11.4. The molecule has 0 radical (unpaired) electrons. The van der Waals surface area contributed by atoms with Crippen LogP contribution in [0.1, 0.15) is 36.5 Å². The first-order chi connectivity index (χ1) is 14.3. The second-order valence-corrected chi connectivity index (χ2v) is 22.8. The number of hydrogen-bond donors (Lipinski definition) is 0. The van der Waals surface area contributed by atoms with E-state index < -0.39 is 18.4 Å². The van der Waals surface area contributed by atoms with Crippen molar-refractivity contribution in [3.05, 3.63) is 108 Å². The van der Waals surface area contributed by atoms with Gasteiger partial charge in [-0.2, -0.15) is 0 Å². The van der Waals surface area contributed by atoms with Crippen LogP contribution in [-0.4, -0.2) is 18.4 Å². The van der Waals surface area contributed by atoms with E-state index in [1.54, 1.807) is 4.44 Å². The van der Waals surface area contributed by atoms with Crippen molar-refractivity contribution in [1.82, 2.24) is 0 Å². The molecule has 0 atom stereocenters. The van der Waals surface area contributed by atoms with Crippen molar-refractivity contribution >= 4 is 18.4 Å². The SMILES string of the molecule is CCC[CH2][Sn]([CH2]Cc1ccccc1)([CH2]Cc1ccccc1)[CH2]Cc1ccccc1. The zero-order valence-electron chi connectivity index (χ0n) is 18.0. The van der Waals surface area contributed by atoms with E-state index in [4.69, 9.17) is 0 Å². The standard InChI is InChI=1S/3C8H9.C4H9.Sn/c3*1-2-8-6-4-3-5-7-8;1-3-4-2;/h3*3-7H,1-2H2;1,3-4H2,2H3;. The number of aryl methyl sites for hydroxylation is 3. The Balaban J connectivity index is 1.75. The van der Waals surface area contributed by atoms with Crippen molar-refractivity contribution in [3.63, 3.8) is 0 Å². The van der Waals surface area contributed by atoms with Crippen molar-refractivity contribution < 1.29 is 0 Å². The molecule has 0 spiro atoms. The molecule has 0 aliphatic heterocycles. The van der Waals surface area contributed by atoms with Gasteiger partial charge in [0, 0.05) is 0 Å². The van der Waals surface area contributed by atoms with Gasteiger partial charge in [-0.3, -0.25) is 0 Å². The molecule has 0 saturated carbocycles. The van der Waals surface area contributed by atoms with Gasteiger partial charge in [-0.15, -0.1) is 0 Å². The Morgan fingerprint density at radius 1 is 0.483 bits per heavy atom. The number of unbranched alkanes of at least 4 members (excludes halogenated alkanes) is 1. The molecule has 152 valence electrons. The van der Waals surface area contributed by atoms with Gasteiger partial charge >= 0.3 is 183 Å². The van der Waals surface area contributed by atoms with Gasteiger partial charge in [0.05, 0.1) is 0 Å². The molecule has 0 unspecified atom stereocenters. The number of benzene rings is 3. The molecule has 0 saturated heterocycles. The summed E-state index contributed by atoms with van der Waals surface area (Å²) in [5.41, 5.74) is 4.60. The second-order valence-electron chi connectivity index (χ2n) is 8.56. The topological polar surface area (TPSA) is 0 Å². The maximum atomic E-state index is 2.36. The Kier molecular flexibility index (Phi) is 9.34. The van der Waals surface area contributed by atoms with Crippen LogP contribution in [-0.2, 0) is 19.3 Å². The quantitative estimate of drug-likeness (QED) is 0.226. The van der Waals surface area contributed by atoms with Crippen molar-refractivity contribution in [2.75, 3.05) is 0 Å². The monoisotopic (exact) mass is 492 g/mol. The molecule has 0 aliphatic rings.